The smallest absolute Gasteiger partial charge is 0.342 e. The maximum atomic E-state index is 11.0. The fourth-order valence-corrected chi connectivity index (χ4v) is 2.70. The Hall–Kier alpha value is -2.11. The summed E-state index contributed by atoms with van der Waals surface area (Å²) in [5, 5.41) is 23.2. The largest absolute Gasteiger partial charge is 0.477 e. The van der Waals surface area contributed by atoms with E-state index >= 15 is 0 Å². The molecule has 0 atom stereocenters. The lowest BCUT2D eigenvalue weighted by Crippen LogP contribution is -2.35. The van der Waals surface area contributed by atoms with Crippen molar-refractivity contribution >= 4 is 17.3 Å². The number of nitro benzene ring substituents is 1. The van der Waals surface area contributed by atoms with Crippen molar-refractivity contribution in [2.45, 2.75) is 46.6 Å². The molecule has 0 unspecified atom stereocenters. The Balaban J connectivity index is 3.08. The van der Waals surface area contributed by atoms with E-state index < -0.39 is 16.6 Å². The molecule has 0 aliphatic carbocycles. The fourth-order valence-electron chi connectivity index (χ4n) is 2.70. The molecule has 6 nitrogen and oxygen atoms in total. The van der Waals surface area contributed by atoms with Crippen LogP contribution in [-0.2, 0) is 0 Å². The molecule has 21 heavy (non-hydrogen) atoms. The van der Waals surface area contributed by atoms with Crippen molar-refractivity contribution in [1.29, 1.82) is 0 Å². The highest BCUT2D eigenvalue weighted by Crippen LogP contribution is 2.31. The minimum absolute atomic E-state index is 0.101. The van der Waals surface area contributed by atoms with E-state index in [0.29, 0.717) is 5.69 Å². The number of nitrogens with one attached hydrogen (secondary N) is 1. The van der Waals surface area contributed by atoms with Gasteiger partial charge in [-0.3, -0.25) is 10.1 Å². The standard InChI is InChI=1S/C15H22N2O4/c1-14(2,3)9-15(4,5)16-10-6-7-11(13(18)19)12(8-10)17(20)21/h6-8,16H,9H2,1-5H3,(H,18,19). The summed E-state index contributed by atoms with van der Waals surface area (Å²) in [5.41, 5.74) is -0.334. The van der Waals surface area contributed by atoms with Crippen molar-refractivity contribution in [2.75, 3.05) is 5.32 Å². The van der Waals surface area contributed by atoms with E-state index in [1.165, 1.54) is 12.1 Å². The molecule has 0 aliphatic heterocycles. The van der Waals surface area contributed by atoms with Gasteiger partial charge in [0, 0.05) is 17.3 Å². The molecule has 1 aromatic rings. The molecule has 0 aliphatic rings. The van der Waals surface area contributed by atoms with Gasteiger partial charge in [0.15, 0.2) is 0 Å². The molecule has 0 fully saturated rings. The first-order valence-electron chi connectivity index (χ1n) is 6.71. The van der Waals surface area contributed by atoms with Crippen LogP contribution in [0.5, 0.6) is 0 Å². The fraction of sp³-hybridized carbons (Fsp3) is 0.533. The molecule has 0 amide bonds. The van der Waals surface area contributed by atoms with E-state index in [0.717, 1.165) is 6.42 Å². The maximum Gasteiger partial charge on any atom is 0.342 e. The zero-order valence-electron chi connectivity index (χ0n) is 13.1. The average molecular weight is 294 g/mol. The first-order valence-corrected chi connectivity index (χ1v) is 6.71. The first-order chi connectivity index (χ1) is 9.41. The Morgan fingerprint density at radius 1 is 1.29 bits per heavy atom. The number of rotatable bonds is 5. The topological polar surface area (TPSA) is 92.5 Å². The van der Waals surface area contributed by atoms with Crippen LogP contribution >= 0.6 is 0 Å². The summed E-state index contributed by atoms with van der Waals surface area (Å²) < 4.78 is 0. The number of hydrogen-bond acceptors (Lipinski definition) is 4. The third-order valence-corrected chi connectivity index (χ3v) is 2.88. The van der Waals surface area contributed by atoms with Gasteiger partial charge in [0.05, 0.1) is 4.92 Å². The van der Waals surface area contributed by atoms with E-state index in [9.17, 15) is 14.9 Å². The van der Waals surface area contributed by atoms with Crippen molar-refractivity contribution in [1.82, 2.24) is 0 Å². The van der Waals surface area contributed by atoms with Gasteiger partial charge < -0.3 is 10.4 Å². The number of carbonyl (C=O) groups is 1. The summed E-state index contributed by atoms with van der Waals surface area (Å²) in [6, 6.07) is 4.09. The summed E-state index contributed by atoms with van der Waals surface area (Å²) in [7, 11) is 0. The molecule has 0 bridgehead atoms. The van der Waals surface area contributed by atoms with Crippen molar-refractivity contribution in [3.63, 3.8) is 0 Å². The Labute approximate surface area is 124 Å². The molecule has 0 radical (unpaired) electrons. The van der Waals surface area contributed by atoms with Gasteiger partial charge in [-0.1, -0.05) is 20.8 Å². The highest BCUT2D eigenvalue weighted by molar-refractivity contribution is 5.93. The van der Waals surface area contributed by atoms with E-state index in [1.54, 1.807) is 6.07 Å². The minimum Gasteiger partial charge on any atom is -0.477 e. The molecule has 0 heterocycles. The maximum absolute atomic E-state index is 11.0. The summed E-state index contributed by atoms with van der Waals surface area (Å²) >= 11 is 0. The molecular weight excluding hydrogens is 272 g/mol. The van der Waals surface area contributed by atoms with Gasteiger partial charge in [-0.15, -0.1) is 0 Å². The lowest BCUT2D eigenvalue weighted by Gasteiger charge is -2.34. The summed E-state index contributed by atoms with van der Waals surface area (Å²) in [4.78, 5) is 21.3. The number of aromatic carboxylic acids is 1. The van der Waals surface area contributed by atoms with Gasteiger partial charge in [0.1, 0.15) is 5.56 Å². The highest BCUT2D eigenvalue weighted by Gasteiger charge is 2.27. The number of nitrogens with zero attached hydrogens (tertiary/aromatic N) is 1. The zero-order valence-corrected chi connectivity index (χ0v) is 13.1. The van der Waals surface area contributed by atoms with Crippen LogP contribution in [0.1, 0.15) is 51.4 Å². The second kappa shape index (κ2) is 5.71. The van der Waals surface area contributed by atoms with Crippen molar-refractivity contribution in [3.8, 4) is 0 Å². The lowest BCUT2D eigenvalue weighted by atomic mass is 9.81. The Morgan fingerprint density at radius 2 is 1.86 bits per heavy atom. The predicted octanol–water partition coefficient (Wildman–Crippen LogP) is 3.92. The van der Waals surface area contributed by atoms with Crippen LogP contribution in [0.2, 0.25) is 0 Å². The number of carboxylic acid groups (broad SMARTS) is 1. The number of nitro groups is 1. The van der Waals surface area contributed by atoms with Gasteiger partial charge in [-0.05, 0) is 37.8 Å². The number of anilines is 1. The molecular formula is C15H22N2O4. The van der Waals surface area contributed by atoms with Crippen LogP contribution in [0.25, 0.3) is 0 Å². The molecule has 0 spiro atoms. The highest BCUT2D eigenvalue weighted by atomic mass is 16.6. The third-order valence-electron chi connectivity index (χ3n) is 2.88. The van der Waals surface area contributed by atoms with Gasteiger partial charge in [0.2, 0.25) is 0 Å². The van der Waals surface area contributed by atoms with E-state index in [1.807, 2.05) is 13.8 Å². The Kier molecular flexibility index (Phi) is 4.61. The number of carboxylic acids is 1. The molecule has 116 valence electrons. The van der Waals surface area contributed by atoms with Gasteiger partial charge in [-0.25, -0.2) is 4.79 Å². The molecule has 2 N–H and O–H groups in total. The normalized spacial score (nSPS) is 12.0. The quantitative estimate of drug-likeness (QED) is 0.634. The third kappa shape index (κ3) is 5.06. The van der Waals surface area contributed by atoms with Crippen LogP contribution in [0.3, 0.4) is 0 Å². The molecule has 1 aromatic carbocycles. The monoisotopic (exact) mass is 294 g/mol. The predicted molar refractivity (Wildman–Crippen MR) is 81.8 cm³/mol. The molecule has 0 saturated carbocycles. The van der Waals surface area contributed by atoms with E-state index in [4.69, 9.17) is 5.11 Å². The SMILES string of the molecule is CC(C)(C)CC(C)(C)Nc1ccc(C(=O)O)c([N+](=O)[O-])c1. The summed E-state index contributed by atoms with van der Waals surface area (Å²) in [6.45, 7) is 10.4. The second-order valence-electron chi connectivity index (χ2n) is 7.04. The first kappa shape index (κ1) is 16.9. The van der Waals surface area contributed by atoms with Crippen LogP contribution in [-0.4, -0.2) is 21.5 Å². The van der Waals surface area contributed by atoms with Crippen molar-refractivity contribution in [2.24, 2.45) is 5.41 Å². The Morgan fingerprint density at radius 3 is 2.29 bits per heavy atom. The summed E-state index contributed by atoms with van der Waals surface area (Å²) in [6.07, 6.45) is 0.856. The number of hydrogen-bond donors (Lipinski definition) is 2. The lowest BCUT2D eigenvalue weighted by molar-refractivity contribution is -0.385. The number of benzene rings is 1. The molecule has 6 heteroatoms. The average Bonchev–Trinajstić information content (AvgIpc) is 2.24. The van der Waals surface area contributed by atoms with Gasteiger partial charge in [0.25, 0.3) is 5.69 Å². The molecule has 0 aromatic heterocycles. The van der Waals surface area contributed by atoms with Crippen molar-refractivity contribution in [3.05, 3.63) is 33.9 Å². The van der Waals surface area contributed by atoms with Crippen molar-refractivity contribution < 1.29 is 14.8 Å². The second-order valence-corrected chi connectivity index (χ2v) is 7.04. The minimum atomic E-state index is -1.30. The van der Waals surface area contributed by atoms with Gasteiger partial charge >= 0.3 is 5.97 Å². The molecule has 0 saturated heterocycles. The van der Waals surface area contributed by atoms with E-state index in [2.05, 4.69) is 26.1 Å². The van der Waals surface area contributed by atoms with Gasteiger partial charge in [-0.2, -0.15) is 0 Å². The Bertz CT molecular complexity index is 559. The van der Waals surface area contributed by atoms with E-state index in [-0.39, 0.29) is 16.5 Å². The molecule has 1 rings (SSSR count). The zero-order chi connectivity index (χ0) is 16.4. The van der Waals surface area contributed by atoms with Crippen LogP contribution in [0.15, 0.2) is 18.2 Å². The summed E-state index contributed by atoms with van der Waals surface area (Å²) in [5.74, 6) is -1.30. The van der Waals surface area contributed by atoms with Crippen LogP contribution < -0.4 is 5.32 Å². The van der Waals surface area contributed by atoms with Crippen LogP contribution in [0, 0.1) is 15.5 Å². The van der Waals surface area contributed by atoms with Crippen LogP contribution in [0.4, 0.5) is 11.4 Å².